The van der Waals surface area contributed by atoms with Crippen LogP contribution < -0.4 is 0 Å². The fourth-order valence-corrected chi connectivity index (χ4v) is 4.70. The zero-order chi connectivity index (χ0) is 22.0. The van der Waals surface area contributed by atoms with Crippen molar-refractivity contribution in [1.82, 2.24) is 14.8 Å². The molecule has 0 spiro atoms. The second-order valence-electron chi connectivity index (χ2n) is 8.61. The van der Waals surface area contributed by atoms with E-state index in [0.717, 1.165) is 42.3 Å². The molecular formula is C26H31N3O2. The highest BCUT2D eigenvalue weighted by Gasteiger charge is 2.30. The Balaban J connectivity index is 1.49. The summed E-state index contributed by atoms with van der Waals surface area (Å²) in [5.74, 6) is 0.136. The van der Waals surface area contributed by atoms with E-state index in [-0.39, 0.29) is 17.9 Å². The van der Waals surface area contributed by atoms with Gasteiger partial charge in [-0.15, -0.1) is 0 Å². The van der Waals surface area contributed by atoms with Crippen LogP contribution in [0.25, 0.3) is 10.9 Å². The van der Waals surface area contributed by atoms with Gasteiger partial charge >= 0.3 is 0 Å². The van der Waals surface area contributed by atoms with E-state index in [1.165, 1.54) is 11.1 Å². The van der Waals surface area contributed by atoms with E-state index in [0.29, 0.717) is 18.8 Å². The molecule has 0 radical (unpaired) electrons. The number of carbonyl (C=O) groups is 2. The maximum absolute atomic E-state index is 13.5. The first-order valence-corrected chi connectivity index (χ1v) is 11.2. The summed E-state index contributed by atoms with van der Waals surface area (Å²) in [6.07, 6.45) is 2.53. The molecule has 5 nitrogen and oxygen atoms in total. The summed E-state index contributed by atoms with van der Waals surface area (Å²) in [6.45, 7) is 8.34. The molecule has 2 amide bonds. The molecule has 31 heavy (non-hydrogen) atoms. The lowest BCUT2D eigenvalue weighted by Crippen LogP contribution is -2.49. The molecule has 4 rings (SSSR count). The number of hydrogen-bond acceptors (Lipinski definition) is 2. The van der Waals surface area contributed by atoms with Crippen LogP contribution in [0.1, 0.15) is 58.2 Å². The summed E-state index contributed by atoms with van der Waals surface area (Å²) >= 11 is 0. The van der Waals surface area contributed by atoms with Crippen LogP contribution in [0.4, 0.5) is 0 Å². The highest BCUT2D eigenvalue weighted by Crippen LogP contribution is 2.25. The summed E-state index contributed by atoms with van der Waals surface area (Å²) in [6, 6.07) is 15.8. The smallest absolute Gasteiger partial charge is 0.270 e. The van der Waals surface area contributed by atoms with Crippen LogP contribution in [0.5, 0.6) is 0 Å². The molecule has 0 saturated carbocycles. The maximum atomic E-state index is 13.5. The monoisotopic (exact) mass is 417 g/mol. The van der Waals surface area contributed by atoms with Crippen molar-refractivity contribution in [2.45, 2.75) is 46.1 Å². The minimum Gasteiger partial charge on any atom is -0.351 e. The zero-order valence-corrected chi connectivity index (χ0v) is 18.6. The van der Waals surface area contributed by atoms with Crippen molar-refractivity contribution >= 4 is 22.7 Å². The number of aryl methyl sites for hydroxylation is 2. The number of rotatable bonds is 5. The standard InChI is InChI=1S/C26H31N3O2/c1-4-12-29(26(31)24-17-22-19(3)15-18(2)16-23(22)27-24)21-10-13-28(14-11-21)25(30)20-8-6-5-7-9-20/h5-9,15-17,21,27H,4,10-14H2,1-3H3. The molecule has 2 aromatic carbocycles. The Bertz CT molecular complexity index is 1080. The van der Waals surface area contributed by atoms with E-state index in [1.807, 2.05) is 46.2 Å². The highest BCUT2D eigenvalue weighted by atomic mass is 16.2. The number of nitrogens with zero attached hydrogens (tertiary/aromatic N) is 2. The molecule has 1 aliphatic heterocycles. The lowest BCUT2D eigenvalue weighted by atomic mass is 10.0. The van der Waals surface area contributed by atoms with Gasteiger partial charge in [0.05, 0.1) is 0 Å². The SMILES string of the molecule is CCCN(C(=O)c1cc2c(C)cc(C)cc2[nH]1)C1CCN(C(=O)c2ccccc2)CC1. The number of amides is 2. The van der Waals surface area contributed by atoms with Gasteiger partial charge in [0.15, 0.2) is 0 Å². The Morgan fingerprint density at radius 2 is 1.77 bits per heavy atom. The summed E-state index contributed by atoms with van der Waals surface area (Å²) in [4.78, 5) is 33.5. The first kappa shape index (κ1) is 21.2. The Kier molecular flexibility index (Phi) is 6.12. The van der Waals surface area contributed by atoms with Crippen LogP contribution in [0.3, 0.4) is 0 Å². The summed E-state index contributed by atoms with van der Waals surface area (Å²) in [5, 5.41) is 1.11. The van der Waals surface area contributed by atoms with Crippen LogP contribution in [0.15, 0.2) is 48.5 Å². The van der Waals surface area contributed by atoms with Crippen molar-refractivity contribution in [3.05, 3.63) is 70.9 Å². The van der Waals surface area contributed by atoms with E-state index < -0.39 is 0 Å². The third-order valence-electron chi connectivity index (χ3n) is 6.26. The van der Waals surface area contributed by atoms with Gasteiger partial charge in [-0.2, -0.15) is 0 Å². The first-order valence-electron chi connectivity index (χ1n) is 11.2. The Labute approximate surface area is 184 Å². The average Bonchev–Trinajstić information content (AvgIpc) is 3.22. The lowest BCUT2D eigenvalue weighted by Gasteiger charge is -2.38. The molecule has 162 valence electrons. The normalized spacial score (nSPS) is 14.7. The minimum atomic E-state index is 0.0583. The lowest BCUT2D eigenvalue weighted by molar-refractivity contribution is 0.0516. The maximum Gasteiger partial charge on any atom is 0.270 e. The van der Waals surface area contributed by atoms with Crippen molar-refractivity contribution < 1.29 is 9.59 Å². The van der Waals surface area contributed by atoms with Crippen LogP contribution >= 0.6 is 0 Å². The zero-order valence-electron chi connectivity index (χ0n) is 18.6. The number of nitrogens with one attached hydrogen (secondary N) is 1. The van der Waals surface area contributed by atoms with E-state index >= 15 is 0 Å². The van der Waals surface area contributed by atoms with Gasteiger partial charge in [0, 0.05) is 42.1 Å². The molecule has 5 heteroatoms. The second-order valence-corrected chi connectivity index (χ2v) is 8.61. The molecule has 1 aromatic heterocycles. The number of fused-ring (bicyclic) bond motifs is 1. The topological polar surface area (TPSA) is 56.4 Å². The van der Waals surface area contributed by atoms with Crippen molar-refractivity contribution in [3.8, 4) is 0 Å². The van der Waals surface area contributed by atoms with Gasteiger partial charge in [0.2, 0.25) is 0 Å². The van der Waals surface area contributed by atoms with E-state index in [9.17, 15) is 9.59 Å². The predicted octanol–water partition coefficient (Wildman–Crippen LogP) is 4.94. The molecule has 1 N–H and O–H groups in total. The number of carbonyl (C=O) groups excluding carboxylic acids is 2. The molecule has 2 heterocycles. The average molecular weight is 418 g/mol. The number of piperidine rings is 1. The first-order chi connectivity index (χ1) is 15.0. The molecular weight excluding hydrogens is 386 g/mol. The quantitative estimate of drug-likeness (QED) is 0.639. The van der Waals surface area contributed by atoms with Gasteiger partial charge in [-0.3, -0.25) is 9.59 Å². The number of likely N-dealkylation sites (tertiary alicyclic amines) is 1. The van der Waals surface area contributed by atoms with E-state index in [4.69, 9.17) is 0 Å². The number of aromatic nitrogens is 1. The van der Waals surface area contributed by atoms with Gasteiger partial charge in [-0.05, 0) is 68.5 Å². The minimum absolute atomic E-state index is 0.0583. The number of benzene rings is 2. The van der Waals surface area contributed by atoms with Gasteiger partial charge < -0.3 is 14.8 Å². The Morgan fingerprint density at radius 1 is 1.06 bits per heavy atom. The van der Waals surface area contributed by atoms with E-state index in [1.54, 1.807) is 0 Å². The largest absolute Gasteiger partial charge is 0.351 e. The summed E-state index contributed by atoms with van der Waals surface area (Å²) in [5.41, 5.74) is 4.76. The second kappa shape index (κ2) is 8.96. The molecule has 1 fully saturated rings. The van der Waals surface area contributed by atoms with E-state index in [2.05, 4.69) is 37.9 Å². The fourth-order valence-electron chi connectivity index (χ4n) is 4.70. The molecule has 1 saturated heterocycles. The molecule has 0 unspecified atom stereocenters. The molecule has 0 bridgehead atoms. The fraction of sp³-hybridized carbons (Fsp3) is 0.385. The van der Waals surface area contributed by atoms with Crippen LogP contribution in [0.2, 0.25) is 0 Å². The molecule has 0 aliphatic carbocycles. The van der Waals surface area contributed by atoms with Crippen LogP contribution in [0, 0.1) is 13.8 Å². The number of H-pyrrole nitrogens is 1. The van der Waals surface area contributed by atoms with Gasteiger partial charge in [-0.25, -0.2) is 0 Å². The molecule has 0 atom stereocenters. The number of hydrogen-bond donors (Lipinski definition) is 1. The van der Waals surface area contributed by atoms with Gasteiger partial charge in [0.25, 0.3) is 11.8 Å². The molecule has 1 aliphatic rings. The molecule has 3 aromatic rings. The van der Waals surface area contributed by atoms with Crippen molar-refractivity contribution in [1.29, 1.82) is 0 Å². The summed E-state index contributed by atoms with van der Waals surface area (Å²) in [7, 11) is 0. The third kappa shape index (κ3) is 4.36. The third-order valence-corrected chi connectivity index (χ3v) is 6.26. The van der Waals surface area contributed by atoms with Crippen LogP contribution in [-0.4, -0.2) is 52.3 Å². The Hall–Kier alpha value is -3.08. The highest BCUT2D eigenvalue weighted by molar-refractivity contribution is 5.99. The van der Waals surface area contributed by atoms with Crippen LogP contribution in [-0.2, 0) is 0 Å². The van der Waals surface area contributed by atoms with Gasteiger partial charge in [0.1, 0.15) is 5.69 Å². The van der Waals surface area contributed by atoms with Crippen molar-refractivity contribution in [2.75, 3.05) is 19.6 Å². The van der Waals surface area contributed by atoms with Crippen molar-refractivity contribution in [2.24, 2.45) is 0 Å². The summed E-state index contributed by atoms with van der Waals surface area (Å²) < 4.78 is 0. The Morgan fingerprint density at radius 3 is 2.45 bits per heavy atom. The van der Waals surface area contributed by atoms with Gasteiger partial charge in [-0.1, -0.05) is 31.2 Å². The number of aromatic amines is 1. The van der Waals surface area contributed by atoms with Crippen molar-refractivity contribution in [3.63, 3.8) is 0 Å². The predicted molar refractivity (Wildman–Crippen MR) is 124 cm³/mol.